The van der Waals surface area contributed by atoms with Crippen LogP contribution in [0.15, 0.2) is 0 Å². The maximum absolute atomic E-state index is 11.8. The quantitative estimate of drug-likeness (QED) is 0.610. The van der Waals surface area contributed by atoms with E-state index in [1.165, 1.54) is 0 Å². The van der Waals surface area contributed by atoms with Gasteiger partial charge in [-0.25, -0.2) is 8.78 Å². The Morgan fingerprint density at radius 3 is 1.89 bits per heavy atom. The average molecular weight is 207 g/mol. The molecule has 2 radical (unpaired) electrons. The first kappa shape index (κ1) is 9.20. The summed E-state index contributed by atoms with van der Waals surface area (Å²) in [5.74, 6) is -4.11. The first-order chi connectivity index (χ1) is 3.89. The summed E-state index contributed by atoms with van der Waals surface area (Å²) in [5.41, 5.74) is 0. The molecule has 0 heterocycles. The summed E-state index contributed by atoms with van der Waals surface area (Å²) in [7, 11) is 0. The van der Waals surface area contributed by atoms with E-state index in [2.05, 4.69) is 6.92 Å². The number of alkyl halides is 3. The lowest BCUT2D eigenvalue weighted by Gasteiger charge is -2.15. The van der Waals surface area contributed by atoms with Crippen molar-refractivity contribution in [2.75, 3.05) is 0 Å². The predicted octanol–water partition coefficient (Wildman–Crippen LogP) is 2.65. The van der Waals surface area contributed by atoms with Crippen molar-refractivity contribution in [1.82, 2.24) is 0 Å². The van der Waals surface area contributed by atoms with Gasteiger partial charge in [0.1, 0.15) is 0 Å². The van der Waals surface area contributed by atoms with E-state index in [1.807, 2.05) is 15.9 Å². The molecule has 0 aliphatic rings. The topological polar surface area (TPSA) is 0 Å². The minimum absolute atomic E-state index is 1.82. The fourth-order valence-corrected chi connectivity index (χ4v) is 0.367. The summed E-state index contributed by atoms with van der Waals surface area (Å²) in [6, 6.07) is 0. The van der Waals surface area contributed by atoms with Gasteiger partial charge in [0.25, 0.3) is 5.08 Å². The highest BCUT2D eigenvalue weighted by atomic mass is 79.9. The van der Waals surface area contributed by atoms with Crippen LogP contribution in [0, 0.1) is 12.0 Å². The lowest BCUT2D eigenvalue weighted by Crippen LogP contribution is -2.30. The van der Waals surface area contributed by atoms with Crippen LogP contribution in [0.4, 0.5) is 17.6 Å². The molecule has 0 nitrogen and oxygen atoms in total. The van der Waals surface area contributed by atoms with E-state index in [4.69, 9.17) is 0 Å². The van der Waals surface area contributed by atoms with Crippen LogP contribution in [-0.2, 0) is 0 Å². The van der Waals surface area contributed by atoms with Crippen molar-refractivity contribution in [2.45, 2.75) is 12.1 Å². The van der Waals surface area contributed by atoms with Crippen LogP contribution in [0.3, 0.4) is 0 Å². The van der Waals surface area contributed by atoms with E-state index in [1.54, 1.807) is 0 Å². The zero-order chi connectivity index (χ0) is 7.65. The molecule has 0 N–H and O–H groups in total. The lowest BCUT2D eigenvalue weighted by molar-refractivity contribution is -0.0482. The van der Waals surface area contributed by atoms with Crippen LogP contribution in [-0.4, -0.2) is 12.1 Å². The Balaban J connectivity index is 4.01. The molecule has 0 rings (SSSR count). The van der Waals surface area contributed by atoms with Gasteiger partial charge in [0.05, 0.1) is 0 Å². The highest BCUT2D eigenvalue weighted by Gasteiger charge is 2.46. The van der Waals surface area contributed by atoms with Crippen molar-refractivity contribution in [3.8, 4) is 0 Å². The Kier molecular flexibility index (Phi) is 2.92. The van der Waals surface area contributed by atoms with Gasteiger partial charge in [-0.3, -0.25) is 0 Å². The average Bonchev–Trinajstić information content (AvgIpc) is 1.65. The summed E-state index contributed by atoms with van der Waals surface area (Å²) in [4.78, 5) is 0. The molecular formula is C4H3BrF4. The Hall–Kier alpha value is 0.200. The zero-order valence-electron chi connectivity index (χ0n) is 4.17. The van der Waals surface area contributed by atoms with E-state index in [-0.39, 0.29) is 0 Å². The van der Waals surface area contributed by atoms with Crippen LogP contribution in [0.5, 0.6) is 0 Å². The molecular weight excluding hydrogens is 204 g/mol. The van der Waals surface area contributed by atoms with E-state index in [0.29, 0.717) is 0 Å². The van der Waals surface area contributed by atoms with Crippen LogP contribution >= 0.6 is 15.9 Å². The van der Waals surface area contributed by atoms with Crippen LogP contribution in [0.1, 0.15) is 0 Å². The lowest BCUT2D eigenvalue weighted by atomic mass is 10.2. The fourth-order valence-electron chi connectivity index (χ4n) is 0.118. The van der Waals surface area contributed by atoms with Crippen LogP contribution < -0.4 is 0 Å². The number of halogens is 5. The van der Waals surface area contributed by atoms with Gasteiger partial charge in [-0.15, -0.1) is 0 Å². The molecule has 0 bridgehead atoms. The van der Waals surface area contributed by atoms with Crippen molar-refractivity contribution in [3.05, 3.63) is 12.0 Å². The van der Waals surface area contributed by atoms with E-state index < -0.39 is 17.2 Å². The summed E-state index contributed by atoms with van der Waals surface area (Å²) in [6.07, 6.45) is -2.75. The maximum atomic E-state index is 11.8. The molecule has 0 amide bonds. The molecule has 1 atom stereocenters. The molecule has 0 aliphatic heterocycles. The van der Waals surface area contributed by atoms with Crippen LogP contribution in [0.25, 0.3) is 0 Å². The molecule has 5 heteroatoms. The molecule has 0 aromatic heterocycles. The normalized spacial score (nSPS) is 16.3. The Bertz CT molecular complexity index is 80.6. The molecule has 54 valence electrons. The summed E-state index contributed by atoms with van der Waals surface area (Å²) < 4.78 is 46.7. The summed E-state index contributed by atoms with van der Waals surface area (Å²) >= 11 is 1.82. The van der Waals surface area contributed by atoms with E-state index in [0.717, 1.165) is 0 Å². The molecule has 9 heavy (non-hydrogen) atoms. The fraction of sp³-hybridized carbons (Fsp3) is 0.500. The zero-order valence-corrected chi connectivity index (χ0v) is 5.76. The van der Waals surface area contributed by atoms with Crippen molar-refractivity contribution in [2.24, 2.45) is 0 Å². The monoisotopic (exact) mass is 206 g/mol. The van der Waals surface area contributed by atoms with Crippen molar-refractivity contribution in [1.29, 1.82) is 0 Å². The molecule has 0 saturated carbocycles. The molecule has 0 aromatic carbocycles. The number of hydrogen-bond acceptors (Lipinski definition) is 0. The third-order valence-electron chi connectivity index (χ3n) is 0.645. The van der Waals surface area contributed by atoms with Crippen molar-refractivity contribution in [3.63, 3.8) is 0 Å². The van der Waals surface area contributed by atoms with Crippen molar-refractivity contribution >= 4 is 15.9 Å². The number of hydrogen-bond donors (Lipinski definition) is 0. The van der Waals surface area contributed by atoms with Gasteiger partial charge in [0, 0.05) is 0 Å². The van der Waals surface area contributed by atoms with E-state index in [9.17, 15) is 17.6 Å². The molecule has 0 aromatic rings. The third kappa shape index (κ3) is 2.12. The molecule has 0 spiro atoms. The third-order valence-corrected chi connectivity index (χ3v) is 1.17. The molecule has 1 unspecified atom stereocenters. The second-order valence-corrected chi connectivity index (χ2v) is 2.05. The van der Waals surface area contributed by atoms with Gasteiger partial charge in [0.15, 0.2) is 6.17 Å². The number of rotatable bonds is 2. The Morgan fingerprint density at radius 1 is 1.56 bits per heavy atom. The van der Waals surface area contributed by atoms with E-state index >= 15 is 0 Å². The second-order valence-electron chi connectivity index (χ2n) is 1.35. The first-order valence-corrected chi connectivity index (χ1v) is 2.71. The summed E-state index contributed by atoms with van der Waals surface area (Å²) in [5, 5.41) is -1.93. The van der Waals surface area contributed by atoms with Gasteiger partial charge in [0.2, 0.25) is 0 Å². The van der Waals surface area contributed by atoms with Gasteiger partial charge < -0.3 is 0 Å². The predicted molar refractivity (Wildman–Crippen MR) is 28.5 cm³/mol. The smallest absolute Gasteiger partial charge is 0.241 e. The maximum Gasteiger partial charge on any atom is 0.326 e. The Labute approximate surface area is 58.4 Å². The standard InChI is InChI=1S/C4H3BrF4/c1-2(6)4(8,9)3(5)7/h2H,1H2. The van der Waals surface area contributed by atoms with Gasteiger partial charge in [-0.1, -0.05) is 0 Å². The highest BCUT2D eigenvalue weighted by molar-refractivity contribution is 9.11. The minimum Gasteiger partial charge on any atom is -0.241 e. The Morgan fingerprint density at radius 2 is 1.89 bits per heavy atom. The summed E-state index contributed by atoms with van der Waals surface area (Å²) in [6.45, 7) is 2.32. The molecule has 0 aliphatic carbocycles. The molecule has 0 saturated heterocycles. The van der Waals surface area contributed by atoms with Gasteiger partial charge in [-0.05, 0) is 22.9 Å². The largest absolute Gasteiger partial charge is 0.326 e. The highest BCUT2D eigenvalue weighted by Crippen LogP contribution is 2.36. The SMILES string of the molecule is [CH2]C(F)C(F)(F)[C](F)Br. The van der Waals surface area contributed by atoms with Crippen LogP contribution in [0.2, 0.25) is 0 Å². The van der Waals surface area contributed by atoms with Gasteiger partial charge >= 0.3 is 5.92 Å². The van der Waals surface area contributed by atoms with Crippen molar-refractivity contribution < 1.29 is 17.6 Å². The first-order valence-electron chi connectivity index (χ1n) is 1.92. The second kappa shape index (κ2) is 2.86. The minimum atomic E-state index is -4.11. The van der Waals surface area contributed by atoms with Gasteiger partial charge in [-0.2, -0.15) is 8.78 Å². The molecule has 0 fully saturated rings.